The second-order valence-corrected chi connectivity index (χ2v) is 7.76. The first kappa shape index (κ1) is 19.2. The molecule has 1 aliphatic heterocycles. The van der Waals surface area contributed by atoms with Gasteiger partial charge in [0.1, 0.15) is 12.2 Å². The number of alkyl carbamates (subject to hydrolysis) is 1. The summed E-state index contributed by atoms with van der Waals surface area (Å²) >= 11 is 0. The van der Waals surface area contributed by atoms with Crippen LogP contribution < -0.4 is 10.6 Å². The lowest BCUT2D eigenvalue weighted by molar-refractivity contribution is -0.117. The lowest BCUT2D eigenvalue weighted by Gasteiger charge is -2.24. The van der Waals surface area contributed by atoms with Crippen molar-refractivity contribution in [2.45, 2.75) is 57.8 Å². The van der Waals surface area contributed by atoms with Crippen molar-refractivity contribution in [3.8, 4) is 12.3 Å². The summed E-state index contributed by atoms with van der Waals surface area (Å²) in [5, 5.41) is 12.6. The van der Waals surface area contributed by atoms with E-state index in [4.69, 9.17) is 15.9 Å². The molecule has 0 aromatic carbocycles. The van der Waals surface area contributed by atoms with E-state index in [1.165, 1.54) is 0 Å². The predicted molar refractivity (Wildman–Crippen MR) is 98.7 cm³/mol. The number of carbonyl (C=O) groups excluding carboxylic acids is 2. The lowest BCUT2D eigenvalue weighted by Crippen LogP contribution is -2.44. The smallest absolute Gasteiger partial charge is 0.407 e. The van der Waals surface area contributed by atoms with Crippen molar-refractivity contribution >= 4 is 17.8 Å². The van der Waals surface area contributed by atoms with Crippen LogP contribution in [0.15, 0.2) is 6.07 Å². The van der Waals surface area contributed by atoms with Crippen LogP contribution in [-0.4, -0.2) is 40.4 Å². The first-order valence-corrected chi connectivity index (χ1v) is 9.24. The Morgan fingerprint density at radius 3 is 2.93 bits per heavy atom. The van der Waals surface area contributed by atoms with E-state index >= 15 is 0 Å². The number of nitrogens with one attached hydrogen (secondary N) is 3. The molecule has 3 N–H and O–H groups in total. The quantitative estimate of drug-likeness (QED) is 0.663. The zero-order valence-electron chi connectivity index (χ0n) is 15.9. The average molecular weight is 374 g/mol. The molecule has 1 aromatic rings. The average Bonchev–Trinajstić information content (AvgIpc) is 3.03. The Kier molecular flexibility index (Phi) is 5.42. The molecule has 146 valence electrons. The van der Waals surface area contributed by atoms with Crippen molar-refractivity contribution in [1.29, 1.82) is 0 Å². The molecule has 2 fully saturated rings. The molecular formula is C19H26N4O4. The molecule has 2 aliphatic rings. The highest BCUT2D eigenvalue weighted by Crippen LogP contribution is 2.38. The van der Waals surface area contributed by atoms with Gasteiger partial charge in [-0.15, -0.1) is 12.3 Å². The maximum Gasteiger partial charge on any atom is 0.407 e. The van der Waals surface area contributed by atoms with E-state index in [2.05, 4.69) is 26.8 Å². The van der Waals surface area contributed by atoms with Crippen LogP contribution in [0.5, 0.6) is 0 Å². The van der Waals surface area contributed by atoms with Gasteiger partial charge in [-0.1, -0.05) is 6.92 Å². The predicted octanol–water partition coefficient (Wildman–Crippen LogP) is 2.36. The van der Waals surface area contributed by atoms with E-state index in [-0.39, 0.29) is 35.5 Å². The topological polar surface area (TPSA) is 105 Å². The molecule has 2 amide bonds. The van der Waals surface area contributed by atoms with Crippen LogP contribution in [0.25, 0.3) is 0 Å². The van der Waals surface area contributed by atoms with Gasteiger partial charge in [-0.2, -0.15) is 5.10 Å². The number of aromatic amines is 1. The third-order valence-corrected chi connectivity index (χ3v) is 5.10. The summed E-state index contributed by atoms with van der Waals surface area (Å²) in [6, 6.07) is 1.73. The van der Waals surface area contributed by atoms with Crippen LogP contribution in [0.3, 0.4) is 0 Å². The molecular weight excluding hydrogens is 348 g/mol. The van der Waals surface area contributed by atoms with E-state index in [9.17, 15) is 9.59 Å². The van der Waals surface area contributed by atoms with Crippen molar-refractivity contribution in [3.05, 3.63) is 11.8 Å². The van der Waals surface area contributed by atoms with Gasteiger partial charge in [-0.25, -0.2) is 4.79 Å². The summed E-state index contributed by atoms with van der Waals surface area (Å²) in [5.41, 5.74) is 0.418. The second-order valence-electron chi connectivity index (χ2n) is 7.76. The van der Waals surface area contributed by atoms with Gasteiger partial charge in [0.2, 0.25) is 5.91 Å². The Balaban J connectivity index is 1.48. The fourth-order valence-corrected chi connectivity index (χ4v) is 2.90. The lowest BCUT2D eigenvalue weighted by atomic mass is 10.0. The van der Waals surface area contributed by atoms with Gasteiger partial charge in [0.25, 0.3) is 0 Å². The van der Waals surface area contributed by atoms with Gasteiger partial charge >= 0.3 is 6.09 Å². The number of hydrogen-bond acceptors (Lipinski definition) is 5. The third kappa shape index (κ3) is 4.80. The Bertz CT molecular complexity index is 751. The van der Waals surface area contributed by atoms with Gasteiger partial charge in [0.05, 0.1) is 18.2 Å². The van der Waals surface area contributed by atoms with Crippen LogP contribution in [0, 0.1) is 24.2 Å². The highest BCUT2D eigenvalue weighted by Gasteiger charge is 2.42. The number of H-pyrrole nitrogens is 1. The molecule has 1 aliphatic carbocycles. The van der Waals surface area contributed by atoms with E-state index in [1.807, 2.05) is 20.8 Å². The molecule has 0 spiro atoms. The number of amides is 2. The summed E-state index contributed by atoms with van der Waals surface area (Å²) in [4.78, 5) is 24.0. The molecule has 1 aromatic heterocycles. The number of ether oxygens (including phenoxy) is 2. The Morgan fingerprint density at radius 2 is 2.26 bits per heavy atom. The van der Waals surface area contributed by atoms with Crippen LogP contribution in [-0.2, 0) is 14.3 Å². The molecule has 1 saturated carbocycles. The minimum Gasteiger partial charge on any atom is -0.444 e. The van der Waals surface area contributed by atoms with Crippen molar-refractivity contribution in [2.75, 3.05) is 11.9 Å². The summed E-state index contributed by atoms with van der Waals surface area (Å²) in [6.07, 6.45) is 6.34. The molecule has 27 heavy (non-hydrogen) atoms. The van der Waals surface area contributed by atoms with Crippen molar-refractivity contribution < 1.29 is 19.1 Å². The van der Waals surface area contributed by atoms with Gasteiger partial charge in [0.15, 0.2) is 5.82 Å². The summed E-state index contributed by atoms with van der Waals surface area (Å²) in [5.74, 6) is 2.82. The molecule has 0 unspecified atom stereocenters. The Labute approximate surface area is 158 Å². The fourth-order valence-electron chi connectivity index (χ4n) is 2.90. The summed E-state index contributed by atoms with van der Waals surface area (Å²) in [6.45, 7) is 6.20. The molecule has 0 bridgehead atoms. The molecule has 4 atom stereocenters. The van der Waals surface area contributed by atoms with Crippen molar-refractivity contribution in [2.24, 2.45) is 11.8 Å². The molecule has 8 nitrogen and oxygen atoms in total. The molecule has 3 rings (SSSR count). The number of hydrogen-bond donors (Lipinski definition) is 3. The van der Waals surface area contributed by atoms with Crippen molar-refractivity contribution in [1.82, 2.24) is 15.5 Å². The van der Waals surface area contributed by atoms with E-state index < -0.39 is 6.09 Å². The molecule has 0 radical (unpaired) electrons. The van der Waals surface area contributed by atoms with Gasteiger partial charge in [-0.3, -0.25) is 9.89 Å². The Morgan fingerprint density at radius 1 is 1.48 bits per heavy atom. The fraction of sp³-hybridized carbons (Fsp3) is 0.632. The molecule has 8 heteroatoms. The number of terminal acetylenes is 1. The third-order valence-electron chi connectivity index (χ3n) is 5.10. The van der Waals surface area contributed by atoms with Gasteiger partial charge < -0.3 is 20.1 Å². The Hall–Kier alpha value is -2.53. The second kappa shape index (κ2) is 7.61. The number of nitrogens with zero attached hydrogens (tertiary/aromatic N) is 1. The van der Waals surface area contributed by atoms with Crippen LogP contribution in [0.2, 0.25) is 0 Å². The van der Waals surface area contributed by atoms with Gasteiger partial charge in [-0.05, 0) is 26.7 Å². The first-order chi connectivity index (χ1) is 12.8. The maximum absolute atomic E-state index is 12.0. The summed E-state index contributed by atoms with van der Waals surface area (Å²) in [7, 11) is 0. The number of aromatic nitrogens is 2. The minimum atomic E-state index is -0.443. The number of carbonyl (C=O) groups is 2. The maximum atomic E-state index is 12.0. The summed E-state index contributed by atoms with van der Waals surface area (Å²) < 4.78 is 11.1. The van der Waals surface area contributed by atoms with E-state index in [0.29, 0.717) is 18.8 Å². The van der Waals surface area contributed by atoms with E-state index in [1.54, 1.807) is 6.07 Å². The zero-order valence-corrected chi connectivity index (χ0v) is 15.9. The van der Waals surface area contributed by atoms with Gasteiger partial charge in [0, 0.05) is 23.9 Å². The highest BCUT2D eigenvalue weighted by atomic mass is 16.6. The zero-order chi connectivity index (χ0) is 19.6. The van der Waals surface area contributed by atoms with Crippen LogP contribution in [0.1, 0.15) is 51.8 Å². The SMILES string of the molecule is C#C[C@H]1C[C@@H]1C(=O)Nc1cc([C@H]2C[C@@H](OC(=O)NC(C)(C)CC)CO2)[nH]n1. The standard InChI is InChI=1S/C19H26N4O4/c1-5-11-7-13(11)17(24)20-16-9-14(22-23-16)15-8-12(10-26-15)27-18(25)21-19(3,4)6-2/h1,9,11-13,15H,6-8,10H2,2-4H3,(H,21,25)(H2,20,22,23,24)/t11-,12+,13-,15+/m0/s1. The number of anilines is 1. The van der Waals surface area contributed by atoms with E-state index in [0.717, 1.165) is 18.5 Å². The normalized spacial score (nSPS) is 26.9. The monoisotopic (exact) mass is 374 g/mol. The molecule has 1 saturated heterocycles. The van der Waals surface area contributed by atoms with Crippen LogP contribution >= 0.6 is 0 Å². The number of rotatable bonds is 6. The first-order valence-electron chi connectivity index (χ1n) is 9.24. The van der Waals surface area contributed by atoms with Crippen LogP contribution in [0.4, 0.5) is 10.6 Å². The largest absolute Gasteiger partial charge is 0.444 e. The molecule has 2 heterocycles. The highest BCUT2D eigenvalue weighted by molar-refractivity contribution is 5.94. The van der Waals surface area contributed by atoms with Crippen molar-refractivity contribution in [3.63, 3.8) is 0 Å². The minimum absolute atomic E-state index is 0.0308.